The molecule has 1 aromatic carbocycles. The molecule has 0 aliphatic carbocycles. The summed E-state index contributed by atoms with van der Waals surface area (Å²) in [6, 6.07) is 4.37. The number of aromatic amines is 1. The number of aryl methyl sites for hydroxylation is 1. The number of piperazine rings is 1. The lowest BCUT2D eigenvalue weighted by Crippen LogP contribution is -3.13. The number of sulfonamides is 1. The van der Waals surface area contributed by atoms with E-state index in [9.17, 15) is 18.0 Å². The number of hydrogen-bond donors (Lipinski definition) is 2. The number of ether oxygens (including phenoxy) is 1. The zero-order valence-electron chi connectivity index (χ0n) is 18.5. The van der Waals surface area contributed by atoms with Gasteiger partial charge in [0.1, 0.15) is 21.1 Å². The first-order chi connectivity index (χ1) is 16.1. The van der Waals surface area contributed by atoms with E-state index >= 15 is 0 Å². The molecule has 0 atom stereocenters. The van der Waals surface area contributed by atoms with Gasteiger partial charge in [-0.15, -0.1) is 11.3 Å². The average molecular weight is 546 g/mol. The highest BCUT2D eigenvalue weighted by Crippen LogP contribution is 2.28. The number of carbonyl (C=O) groups excluding carboxylic acids is 1. The number of H-pyrrole nitrogens is 1. The molecule has 1 aliphatic rings. The van der Waals surface area contributed by atoms with E-state index in [0.717, 1.165) is 16.2 Å². The van der Waals surface area contributed by atoms with Gasteiger partial charge in [0.15, 0.2) is 5.82 Å². The fourth-order valence-corrected chi connectivity index (χ4v) is 7.21. The number of halogens is 2. The van der Waals surface area contributed by atoms with Crippen molar-refractivity contribution in [1.82, 2.24) is 14.3 Å². The Morgan fingerprint density at radius 2 is 2.00 bits per heavy atom. The van der Waals surface area contributed by atoms with Crippen molar-refractivity contribution >= 4 is 60.7 Å². The summed E-state index contributed by atoms with van der Waals surface area (Å²) in [6.45, 7) is 5.72. The van der Waals surface area contributed by atoms with Crippen molar-refractivity contribution in [2.75, 3.05) is 32.8 Å². The van der Waals surface area contributed by atoms with Crippen LogP contribution in [0.2, 0.25) is 10.0 Å². The van der Waals surface area contributed by atoms with Crippen LogP contribution >= 0.6 is 34.5 Å². The minimum atomic E-state index is -3.77. The van der Waals surface area contributed by atoms with Crippen LogP contribution in [0, 0.1) is 6.92 Å². The van der Waals surface area contributed by atoms with Crippen LogP contribution in [-0.4, -0.2) is 61.4 Å². The molecule has 1 saturated heterocycles. The van der Waals surface area contributed by atoms with Gasteiger partial charge in [-0.05, 0) is 37.6 Å². The van der Waals surface area contributed by atoms with Crippen LogP contribution in [0.1, 0.15) is 28.0 Å². The van der Waals surface area contributed by atoms with E-state index < -0.39 is 16.0 Å². The monoisotopic (exact) mass is 545 g/mol. The maximum absolute atomic E-state index is 13.0. The maximum atomic E-state index is 13.0. The number of nitrogens with zero attached hydrogens (tertiary/aromatic N) is 2. The average Bonchev–Trinajstić information content (AvgIpc) is 3.12. The Morgan fingerprint density at radius 1 is 1.29 bits per heavy atom. The van der Waals surface area contributed by atoms with Crippen molar-refractivity contribution in [2.45, 2.75) is 25.3 Å². The standard InChI is InChI=1S/C21H22Cl2N4O5S2/c1-3-32-21(29)18-12(2)17-19(28)24-16(25-20(17)33-18)11-26-6-8-27(9-7-26)34(30,31)15-10-13(22)4-5-14(15)23/h4-5,10H,3,6-9,11H2,1-2H3,(H,24,25,28)/p+1. The van der Waals surface area contributed by atoms with Crippen LogP contribution < -0.4 is 10.5 Å². The first-order valence-electron chi connectivity index (χ1n) is 10.6. The van der Waals surface area contributed by atoms with Crippen molar-refractivity contribution in [3.8, 4) is 0 Å². The number of quaternary nitrogens is 1. The molecule has 0 amide bonds. The van der Waals surface area contributed by atoms with E-state index in [4.69, 9.17) is 27.9 Å². The lowest BCUT2D eigenvalue weighted by Gasteiger charge is -2.31. The van der Waals surface area contributed by atoms with Gasteiger partial charge in [0.25, 0.3) is 5.56 Å². The van der Waals surface area contributed by atoms with Crippen molar-refractivity contribution in [1.29, 1.82) is 0 Å². The molecule has 0 saturated carbocycles. The number of esters is 1. The normalized spacial score (nSPS) is 15.6. The molecule has 1 fully saturated rings. The zero-order chi connectivity index (χ0) is 24.6. The van der Waals surface area contributed by atoms with Crippen LogP contribution in [0.15, 0.2) is 27.9 Å². The summed E-state index contributed by atoms with van der Waals surface area (Å²) in [6.07, 6.45) is 0. The Bertz CT molecular complexity index is 1410. The minimum absolute atomic E-state index is 0.00738. The number of thiophene rings is 1. The molecule has 2 N–H and O–H groups in total. The second-order valence-corrected chi connectivity index (χ2v) is 11.6. The highest BCUT2D eigenvalue weighted by atomic mass is 35.5. The maximum Gasteiger partial charge on any atom is 0.348 e. The van der Waals surface area contributed by atoms with Gasteiger partial charge in [0.05, 0.1) is 43.2 Å². The first kappa shape index (κ1) is 25.1. The van der Waals surface area contributed by atoms with Gasteiger partial charge in [-0.25, -0.2) is 18.2 Å². The van der Waals surface area contributed by atoms with Crippen molar-refractivity contribution in [3.63, 3.8) is 0 Å². The summed E-state index contributed by atoms with van der Waals surface area (Å²) in [7, 11) is -3.77. The second kappa shape index (κ2) is 9.92. The Labute approximate surface area is 210 Å². The van der Waals surface area contributed by atoms with E-state index in [1.165, 1.54) is 16.4 Å². The lowest BCUT2D eigenvalue weighted by atomic mass is 10.2. The molecule has 4 rings (SSSR count). The van der Waals surface area contributed by atoms with Gasteiger partial charge in [-0.1, -0.05) is 23.2 Å². The SMILES string of the molecule is CCOC(=O)c1sc2nc(C[NH+]3CCN(S(=O)(=O)c4cc(Cl)ccc4Cl)CC3)[nH]c(=O)c2c1C. The molecular weight excluding hydrogens is 523 g/mol. The van der Waals surface area contributed by atoms with Crippen LogP contribution in [0.4, 0.5) is 0 Å². The number of nitrogens with one attached hydrogen (secondary N) is 2. The van der Waals surface area contributed by atoms with E-state index in [1.807, 2.05) is 0 Å². The predicted octanol–water partition coefficient (Wildman–Crippen LogP) is 1.87. The second-order valence-electron chi connectivity index (χ2n) is 7.88. The summed E-state index contributed by atoms with van der Waals surface area (Å²) in [5.41, 5.74) is 0.255. The molecular formula is C21H23Cl2N4O5S2+. The molecule has 3 heterocycles. The highest BCUT2D eigenvalue weighted by molar-refractivity contribution is 7.89. The topological polar surface area (TPSA) is 114 Å². The summed E-state index contributed by atoms with van der Waals surface area (Å²) < 4.78 is 32.5. The third kappa shape index (κ3) is 4.86. The summed E-state index contributed by atoms with van der Waals surface area (Å²) in [4.78, 5) is 34.2. The molecule has 0 radical (unpaired) electrons. The Kier molecular flexibility index (Phi) is 7.32. The van der Waals surface area contributed by atoms with E-state index in [1.54, 1.807) is 19.9 Å². The number of carbonyl (C=O) groups is 1. The van der Waals surface area contributed by atoms with Crippen molar-refractivity contribution in [3.05, 3.63) is 54.9 Å². The highest BCUT2D eigenvalue weighted by Gasteiger charge is 2.32. The van der Waals surface area contributed by atoms with E-state index in [-0.39, 0.29) is 35.2 Å². The number of hydrogen-bond acceptors (Lipinski definition) is 7. The van der Waals surface area contributed by atoms with Crippen LogP contribution in [0.5, 0.6) is 0 Å². The van der Waals surface area contributed by atoms with Crippen LogP contribution in [0.3, 0.4) is 0 Å². The molecule has 13 heteroatoms. The van der Waals surface area contributed by atoms with E-state index in [0.29, 0.717) is 51.1 Å². The molecule has 182 valence electrons. The van der Waals surface area contributed by atoms with Crippen LogP contribution in [0.25, 0.3) is 10.2 Å². The molecule has 0 unspecified atom stereocenters. The molecule has 34 heavy (non-hydrogen) atoms. The fraction of sp³-hybridized carbons (Fsp3) is 0.381. The zero-order valence-corrected chi connectivity index (χ0v) is 21.6. The Hall–Kier alpha value is -2.02. The minimum Gasteiger partial charge on any atom is -0.462 e. The van der Waals surface area contributed by atoms with E-state index in [2.05, 4.69) is 9.97 Å². The lowest BCUT2D eigenvalue weighted by molar-refractivity contribution is -0.917. The molecule has 0 bridgehead atoms. The van der Waals surface area contributed by atoms with Gasteiger partial charge >= 0.3 is 5.97 Å². The largest absolute Gasteiger partial charge is 0.462 e. The quantitative estimate of drug-likeness (QED) is 0.457. The van der Waals surface area contributed by atoms with Crippen molar-refractivity contribution < 1.29 is 22.8 Å². The number of benzene rings is 1. The van der Waals surface area contributed by atoms with Gasteiger partial charge in [0, 0.05) is 5.02 Å². The molecule has 2 aromatic heterocycles. The van der Waals surface area contributed by atoms with Gasteiger partial charge in [-0.3, -0.25) is 4.79 Å². The van der Waals surface area contributed by atoms with Crippen molar-refractivity contribution in [2.24, 2.45) is 0 Å². The first-order valence-corrected chi connectivity index (χ1v) is 13.6. The summed E-state index contributed by atoms with van der Waals surface area (Å²) >= 11 is 13.2. The molecule has 3 aromatic rings. The predicted molar refractivity (Wildman–Crippen MR) is 131 cm³/mol. The number of aromatic nitrogens is 2. The number of rotatable bonds is 6. The number of fused-ring (bicyclic) bond motifs is 1. The van der Waals surface area contributed by atoms with Gasteiger partial charge < -0.3 is 14.6 Å². The Morgan fingerprint density at radius 3 is 2.68 bits per heavy atom. The summed E-state index contributed by atoms with van der Waals surface area (Å²) in [5, 5.41) is 0.816. The third-order valence-corrected chi connectivity index (χ3v) is 9.45. The Balaban J connectivity index is 1.49. The van der Waals surface area contributed by atoms with Crippen LogP contribution in [-0.2, 0) is 21.3 Å². The van der Waals surface area contributed by atoms with Gasteiger partial charge in [-0.2, -0.15) is 4.31 Å². The fourth-order valence-electron chi connectivity index (χ4n) is 3.93. The molecule has 1 aliphatic heterocycles. The summed E-state index contributed by atoms with van der Waals surface area (Å²) in [5.74, 6) is 0.0186. The van der Waals surface area contributed by atoms with Gasteiger partial charge in [0.2, 0.25) is 10.0 Å². The smallest absolute Gasteiger partial charge is 0.348 e. The third-order valence-electron chi connectivity index (χ3n) is 5.67. The molecule has 0 spiro atoms. The molecule has 9 nitrogen and oxygen atoms in total.